The van der Waals surface area contributed by atoms with E-state index in [2.05, 4.69) is 26.5 Å². The molecule has 0 aromatic heterocycles. The van der Waals surface area contributed by atoms with E-state index < -0.39 is 12.0 Å². The highest BCUT2D eigenvalue weighted by molar-refractivity contribution is 9.10. The summed E-state index contributed by atoms with van der Waals surface area (Å²) in [5.41, 5.74) is 2.75. The molecule has 0 aliphatic rings. The maximum absolute atomic E-state index is 11.9. The molecule has 23 heavy (non-hydrogen) atoms. The van der Waals surface area contributed by atoms with E-state index in [1.165, 1.54) is 18.3 Å². The Morgan fingerprint density at radius 1 is 1.39 bits per heavy atom. The minimum Gasteiger partial charge on any atom is -0.507 e. The van der Waals surface area contributed by atoms with Crippen molar-refractivity contribution in [2.45, 2.75) is 13.0 Å². The van der Waals surface area contributed by atoms with E-state index in [-0.39, 0.29) is 5.75 Å². The molecule has 7 heteroatoms. The maximum Gasteiger partial charge on any atom is 0.280 e. The van der Waals surface area contributed by atoms with Crippen molar-refractivity contribution < 1.29 is 14.6 Å². The number of phenolic OH excluding ortho intramolecular Hbond substituents is 1. The van der Waals surface area contributed by atoms with Crippen molar-refractivity contribution in [3.05, 3.63) is 57.5 Å². The highest BCUT2D eigenvalue weighted by Gasteiger charge is 2.15. The summed E-state index contributed by atoms with van der Waals surface area (Å²) < 4.78 is 6.31. The maximum atomic E-state index is 11.9. The first kappa shape index (κ1) is 17.3. The van der Waals surface area contributed by atoms with Crippen molar-refractivity contribution in [3.8, 4) is 11.5 Å². The van der Waals surface area contributed by atoms with E-state index in [0.717, 1.165) is 4.47 Å². The lowest BCUT2D eigenvalue weighted by atomic mass is 10.2. The molecule has 0 heterocycles. The summed E-state index contributed by atoms with van der Waals surface area (Å²) in [6.45, 7) is 1.61. The SMILES string of the molecule is C[C@H](Oc1ccccc1Br)C(=O)N/N=C\c1cc(Cl)ccc1O. The number of benzene rings is 2. The minimum atomic E-state index is -0.737. The zero-order valence-corrected chi connectivity index (χ0v) is 14.5. The van der Waals surface area contributed by atoms with Crippen LogP contribution in [0.3, 0.4) is 0 Å². The first-order valence-corrected chi connectivity index (χ1v) is 7.87. The number of carbonyl (C=O) groups excluding carboxylic acids is 1. The van der Waals surface area contributed by atoms with Crippen LogP contribution in [0.25, 0.3) is 0 Å². The molecule has 0 fully saturated rings. The summed E-state index contributed by atoms with van der Waals surface area (Å²) in [6, 6.07) is 11.8. The molecule has 2 rings (SSSR count). The third-order valence-electron chi connectivity index (χ3n) is 2.88. The number of halogens is 2. The number of hydrogen-bond donors (Lipinski definition) is 2. The van der Waals surface area contributed by atoms with Crippen molar-refractivity contribution in [2.24, 2.45) is 5.10 Å². The molecule has 0 saturated carbocycles. The van der Waals surface area contributed by atoms with Gasteiger partial charge in [-0.25, -0.2) is 5.43 Å². The quantitative estimate of drug-likeness (QED) is 0.596. The molecule has 0 bridgehead atoms. The fourth-order valence-corrected chi connectivity index (χ4v) is 2.23. The van der Waals surface area contributed by atoms with Gasteiger partial charge < -0.3 is 9.84 Å². The van der Waals surface area contributed by atoms with Crippen molar-refractivity contribution in [1.82, 2.24) is 5.43 Å². The van der Waals surface area contributed by atoms with E-state index in [1.54, 1.807) is 19.1 Å². The smallest absolute Gasteiger partial charge is 0.280 e. The van der Waals surface area contributed by atoms with Gasteiger partial charge in [0.25, 0.3) is 5.91 Å². The van der Waals surface area contributed by atoms with Crippen molar-refractivity contribution in [1.29, 1.82) is 0 Å². The van der Waals surface area contributed by atoms with Crippen LogP contribution in [-0.4, -0.2) is 23.3 Å². The monoisotopic (exact) mass is 396 g/mol. The van der Waals surface area contributed by atoms with Gasteiger partial charge in [-0.05, 0) is 53.2 Å². The van der Waals surface area contributed by atoms with E-state index in [4.69, 9.17) is 16.3 Å². The first-order chi connectivity index (χ1) is 11.0. The summed E-state index contributed by atoms with van der Waals surface area (Å²) in [5, 5.41) is 13.9. The summed E-state index contributed by atoms with van der Waals surface area (Å²) in [4.78, 5) is 11.9. The van der Waals surface area contributed by atoms with Gasteiger partial charge in [0.15, 0.2) is 6.10 Å². The predicted molar refractivity (Wildman–Crippen MR) is 93.1 cm³/mol. The van der Waals surface area contributed by atoms with Gasteiger partial charge in [0.2, 0.25) is 0 Å². The number of para-hydroxylation sites is 1. The number of hydrazone groups is 1. The Hall–Kier alpha value is -2.05. The lowest BCUT2D eigenvalue weighted by Crippen LogP contribution is -2.33. The molecular formula is C16H14BrClN2O3. The third kappa shape index (κ3) is 4.97. The Balaban J connectivity index is 1.95. The van der Waals surface area contributed by atoms with Crippen molar-refractivity contribution >= 4 is 39.7 Å². The molecule has 2 aromatic carbocycles. The number of nitrogens with one attached hydrogen (secondary N) is 1. The largest absolute Gasteiger partial charge is 0.507 e. The van der Waals surface area contributed by atoms with Gasteiger partial charge in [0.1, 0.15) is 11.5 Å². The van der Waals surface area contributed by atoms with Crippen LogP contribution in [0.5, 0.6) is 11.5 Å². The second-order valence-corrected chi connectivity index (χ2v) is 5.92. The minimum absolute atomic E-state index is 0.0184. The molecule has 5 nitrogen and oxygen atoms in total. The van der Waals surface area contributed by atoms with Crippen LogP contribution in [-0.2, 0) is 4.79 Å². The van der Waals surface area contributed by atoms with Gasteiger partial charge in [0.05, 0.1) is 10.7 Å². The molecule has 0 spiro atoms. The van der Waals surface area contributed by atoms with Gasteiger partial charge in [-0.15, -0.1) is 0 Å². The van der Waals surface area contributed by atoms with Gasteiger partial charge in [-0.2, -0.15) is 5.10 Å². The van der Waals surface area contributed by atoms with Crippen LogP contribution >= 0.6 is 27.5 Å². The van der Waals surface area contributed by atoms with Crippen LogP contribution < -0.4 is 10.2 Å². The second-order valence-electron chi connectivity index (χ2n) is 4.63. The second kappa shape index (κ2) is 7.99. The number of hydrogen-bond acceptors (Lipinski definition) is 4. The zero-order valence-electron chi connectivity index (χ0n) is 12.2. The first-order valence-electron chi connectivity index (χ1n) is 6.70. The number of amides is 1. The summed E-state index contributed by atoms with van der Waals surface area (Å²) in [7, 11) is 0. The van der Waals surface area contributed by atoms with E-state index in [0.29, 0.717) is 16.3 Å². The number of ether oxygens (including phenoxy) is 1. The molecule has 0 unspecified atom stereocenters. The Morgan fingerprint density at radius 2 is 2.13 bits per heavy atom. The van der Waals surface area contributed by atoms with Crippen LogP contribution in [0.4, 0.5) is 0 Å². The molecule has 1 atom stereocenters. The average Bonchev–Trinajstić information content (AvgIpc) is 2.52. The number of nitrogens with zero attached hydrogens (tertiary/aromatic N) is 1. The molecule has 0 radical (unpaired) electrons. The molecule has 120 valence electrons. The lowest BCUT2D eigenvalue weighted by Gasteiger charge is -2.13. The fourth-order valence-electron chi connectivity index (χ4n) is 1.67. The standard InChI is InChI=1S/C16H14BrClN2O3/c1-10(23-15-5-3-2-4-13(15)17)16(22)20-19-9-11-8-12(18)6-7-14(11)21/h2-10,21H,1H3,(H,20,22)/b19-9-/t10-/m0/s1. The van der Waals surface area contributed by atoms with E-state index >= 15 is 0 Å². The summed E-state index contributed by atoms with van der Waals surface area (Å²) in [6.07, 6.45) is 0.573. The highest BCUT2D eigenvalue weighted by atomic mass is 79.9. The summed E-state index contributed by atoms with van der Waals surface area (Å²) >= 11 is 9.17. The molecule has 0 aliphatic carbocycles. The van der Waals surface area contributed by atoms with Crippen molar-refractivity contribution in [3.63, 3.8) is 0 Å². The highest BCUT2D eigenvalue weighted by Crippen LogP contribution is 2.24. The number of carbonyl (C=O) groups is 1. The lowest BCUT2D eigenvalue weighted by molar-refractivity contribution is -0.127. The van der Waals surface area contributed by atoms with Crippen LogP contribution in [0.1, 0.15) is 12.5 Å². The zero-order chi connectivity index (χ0) is 16.8. The van der Waals surface area contributed by atoms with Gasteiger partial charge in [-0.3, -0.25) is 4.79 Å². The Bertz CT molecular complexity index is 737. The molecular weight excluding hydrogens is 384 g/mol. The Kier molecular flexibility index (Phi) is 6.01. The normalized spacial score (nSPS) is 12.1. The van der Waals surface area contributed by atoms with Gasteiger partial charge >= 0.3 is 0 Å². The third-order valence-corrected chi connectivity index (χ3v) is 3.77. The van der Waals surface area contributed by atoms with Crippen LogP contribution in [0.15, 0.2) is 52.0 Å². The molecule has 1 amide bonds. The number of rotatable bonds is 5. The van der Waals surface area contributed by atoms with Crippen LogP contribution in [0.2, 0.25) is 5.02 Å². The number of aromatic hydroxyl groups is 1. The van der Waals surface area contributed by atoms with Gasteiger partial charge in [-0.1, -0.05) is 23.7 Å². The number of phenols is 1. The molecule has 2 N–H and O–H groups in total. The predicted octanol–water partition coefficient (Wildman–Crippen LogP) is 3.73. The summed E-state index contributed by atoms with van der Waals surface area (Å²) in [5.74, 6) is 0.162. The van der Waals surface area contributed by atoms with Gasteiger partial charge in [0, 0.05) is 10.6 Å². The topological polar surface area (TPSA) is 70.9 Å². The van der Waals surface area contributed by atoms with E-state index in [1.807, 2.05) is 18.2 Å². The Labute approximate surface area is 147 Å². The molecule has 2 aromatic rings. The molecule has 0 saturated heterocycles. The molecule has 0 aliphatic heterocycles. The van der Waals surface area contributed by atoms with Crippen molar-refractivity contribution in [2.75, 3.05) is 0 Å². The fraction of sp³-hybridized carbons (Fsp3) is 0.125. The van der Waals surface area contributed by atoms with Crippen LogP contribution in [0, 0.1) is 0 Å². The Morgan fingerprint density at radius 3 is 2.87 bits per heavy atom. The van der Waals surface area contributed by atoms with E-state index in [9.17, 15) is 9.90 Å². The average molecular weight is 398 g/mol.